The molecule has 1 aliphatic heterocycles. The topological polar surface area (TPSA) is 27.0 Å². The third-order valence-electron chi connectivity index (χ3n) is 8.29. The highest BCUT2D eigenvalue weighted by atomic mass is 35.5. The van der Waals surface area contributed by atoms with Crippen LogP contribution in [0.25, 0.3) is 17.7 Å². The normalized spacial score (nSPS) is 16.4. The lowest BCUT2D eigenvalue weighted by atomic mass is 9.74. The van der Waals surface area contributed by atoms with Crippen LogP contribution < -0.4 is 0 Å². The Hall–Kier alpha value is -3.12. The molecular formula is C35H39ClN2. The second-order valence-electron chi connectivity index (χ2n) is 10.6. The molecule has 0 radical (unpaired) electrons. The molecule has 0 saturated carbocycles. The fraction of sp³-hybridized carbons (Fsp3) is 0.343. The molecule has 1 atom stereocenters. The predicted molar refractivity (Wildman–Crippen MR) is 163 cm³/mol. The molecule has 0 amide bonds. The van der Waals surface area contributed by atoms with Crippen molar-refractivity contribution >= 4 is 30.1 Å². The number of nitrogens with zero attached hydrogens (tertiary/aromatic N) is 2. The van der Waals surface area contributed by atoms with Gasteiger partial charge in [-0.05, 0) is 72.0 Å². The number of hydrogen-bond acceptors (Lipinski definition) is 2. The van der Waals surface area contributed by atoms with Crippen LogP contribution >= 0.6 is 12.4 Å². The summed E-state index contributed by atoms with van der Waals surface area (Å²) in [5.41, 5.74) is 9.21. The third kappa shape index (κ3) is 5.96. The highest BCUT2D eigenvalue weighted by Crippen LogP contribution is 2.39. The third-order valence-corrected chi connectivity index (χ3v) is 8.29. The highest BCUT2D eigenvalue weighted by molar-refractivity contribution is 5.94. The van der Waals surface area contributed by atoms with Crippen LogP contribution in [-0.2, 0) is 5.41 Å². The van der Waals surface area contributed by atoms with Crippen molar-refractivity contribution in [1.82, 2.24) is 4.90 Å². The summed E-state index contributed by atoms with van der Waals surface area (Å²) in [5.74, 6) is 0. The maximum Gasteiger partial charge on any atom is 0.0822 e. The summed E-state index contributed by atoms with van der Waals surface area (Å²) in [6, 6.07) is 30.9. The SMILES string of the molecule is CCCCC(C#N)(CCCN1CCC(=C2c3ccccc3C=Cc3ccccc32)CC1)c1ccccc1.Cl. The summed E-state index contributed by atoms with van der Waals surface area (Å²) in [5, 5.41) is 10.3. The Balaban J connectivity index is 0.00000336. The molecule has 1 saturated heterocycles. The summed E-state index contributed by atoms with van der Waals surface area (Å²) in [4.78, 5) is 2.61. The van der Waals surface area contributed by atoms with Gasteiger partial charge in [0.15, 0.2) is 0 Å². The molecule has 2 aliphatic rings. The number of nitriles is 1. The van der Waals surface area contributed by atoms with E-state index in [1.165, 1.54) is 33.4 Å². The molecule has 0 N–H and O–H groups in total. The van der Waals surface area contributed by atoms with E-state index in [1.807, 2.05) is 6.07 Å². The fourth-order valence-electron chi connectivity index (χ4n) is 6.17. The van der Waals surface area contributed by atoms with Crippen molar-refractivity contribution in [3.63, 3.8) is 0 Å². The van der Waals surface area contributed by atoms with Gasteiger partial charge in [0, 0.05) is 13.1 Å². The molecule has 1 unspecified atom stereocenters. The molecular weight excluding hydrogens is 484 g/mol. The number of hydrogen-bond donors (Lipinski definition) is 0. The summed E-state index contributed by atoms with van der Waals surface area (Å²) in [6.07, 6.45) is 11.9. The molecule has 1 heterocycles. The quantitative estimate of drug-likeness (QED) is 0.231. The van der Waals surface area contributed by atoms with Gasteiger partial charge in [0.2, 0.25) is 0 Å². The first-order valence-electron chi connectivity index (χ1n) is 14.0. The van der Waals surface area contributed by atoms with E-state index >= 15 is 0 Å². The van der Waals surface area contributed by atoms with Gasteiger partial charge in [0.1, 0.15) is 0 Å². The largest absolute Gasteiger partial charge is 0.303 e. The summed E-state index contributed by atoms with van der Waals surface area (Å²) < 4.78 is 0. The average Bonchev–Trinajstić information content (AvgIpc) is 3.13. The van der Waals surface area contributed by atoms with Gasteiger partial charge < -0.3 is 4.90 Å². The van der Waals surface area contributed by atoms with Crippen LogP contribution in [0, 0.1) is 11.3 Å². The molecule has 0 spiro atoms. The monoisotopic (exact) mass is 522 g/mol. The van der Waals surface area contributed by atoms with Crippen LogP contribution in [0.3, 0.4) is 0 Å². The lowest BCUT2D eigenvalue weighted by molar-refractivity contribution is 0.243. The van der Waals surface area contributed by atoms with Crippen molar-refractivity contribution in [2.45, 2.75) is 57.3 Å². The van der Waals surface area contributed by atoms with Crippen LogP contribution in [0.2, 0.25) is 0 Å². The second kappa shape index (κ2) is 13.1. The van der Waals surface area contributed by atoms with Crippen LogP contribution in [0.15, 0.2) is 84.4 Å². The summed E-state index contributed by atoms with van der Waals surface area (Å²) >= 11 is 0. The van der Waals surface area contributed by atoms with Crippen molar-refractivity contribution in [3.05, 3.63) is 112 Å². The Labute approximate surface area is 235 Å². The van der Waals surface area contributed by atoms with Crippen molar-refractivity contribution in [2.24, 2.45) is 0 Å². The number of unbranched alkanes of at least 4 members (excludes halogenated alkanes) is 1. The van der Waals surface area contributed by atoms with Crippen LogP contribution in [0.4, 0.5) is 0 Å². The summed E-state index contributed by atoms with van der Waals surface area (Å²) in [6.45, 7) is 5.47. The smallest absolute Gasteiger partial charge is 0.0822 e. The Morgan fingerprint density at radius 2 is 1.32 bits per heavy atom. The van der Waals surface area contributed by atoms with E-state index in [9.17, 15) is 5.26 Å². The Bertz CT molecular complexity index is 1260. The highest BCUT2D eigenvalue weighted by Gasteiger charge is 2.31. The number of likely N-dealkylation sites (tertiary alicyclic amines) is 1. The van der Waals surface area contributed by atoms with Crippen LogP contribution in [0.5, 0.6) is 0 Å². The molecule has 0 bridgehead atoms. The Morgan fingerprint density at radius 1 is 0.763 bits per heavy atom. The van der Waals surface area contributed by atoms with Gasteiger partial charge in [-0.25, -0.2) is 0 Å². The first-order valence-corrected chi connectivity index (χ1v) is 14.0. The molecule has 5 rings (SSSR count). The molecule has 38 heavy (non-hydrogen) atoms. The maximum absolute atomic E-state index is 10.3. The van der Waals surface area contributed by atoms with Crippen molar-refractivity contribution in [2.75, 3.05) is 19.6 Å². The van der Waals surface area contributed by atoms with Crippen molar-refractivity contribution in [1.29, 1.82) is 5.26 Å². The lowest BCUT2D eigenvalue weighted by Crippen LogP contribution is -2.33. The molecule has 3 aromatic carbocycles. The first kappa shape index (κ1) is 27.9. The number of halogens is 1. The lowest BCUT2D eigenvalue weighted by Gasteiger charge is -2.32. The zero-order valence-corrected chi connectivity index (χ0v) is 23.4. The molecule has 0 aromatic heterocycles. The van der Waals surface area contributed by atoms with Gasteiger partial charge in [-0.15, -0.1) is 12.4 Å². The van der Waals surface area contributed by atoms with Gasteiger partial charge >= 0.3 is 0 Å². The zero-order valence-electron chi connectivity index (χ0n) is 22.5. The van der Waals surface area contributed by atoms with E-state index in [0.717, 1.165) is 64.6 Å². The predicted octanol–water partition coefficient (Wildman–Crippen LogP) is 8.92. The van der Waals surface area contributed by atoms with Crippen molar-refractivity contribution in [3.8, 4) is 6.07 Å². The van der Waals surface area contributed by atoms with Gasteiger partial charge in [0.05, 0.1) is 11.5 Å². The zero-order chi connectivity index (χ0) is 25.5. The van der Waals surface area contributed by atoms with E-state index in [1.54, 1.807) is 5.57 Å². The Morgan fingerprint density at radius 3 is 1.89 bits per heavy atom. The van der Waals surface area contributed by atoms with E-state index < -0.39 is 0 Å². The number of piperidine rings is 1. The molecule has 1 fully saturated rings. The van der Waals surface area contributed by atoms with Gasteiger partial charge in [-0.1, -0.05) is 116 Å². The summed E-state index contributed by atoms with van der Waals surface area (Å²) in [7, 11) is 0. The standard InChI is InChI=1S/C35H38N2.ClH/c1-2-3-22-35(27-36,31-14-5-4-6-15-31)23-11-24-37-25-20-30(21-26-37)34-32-16-9-7-12-28(32)18-19-29-13-8-10-17-33(29)34;/h4-10,12-19H,2-3,11,20-26H2,1H3;1H. The van der Waals surface area contributed by atoms with Gasteiger partial charge in [0.25, 0.3) is 0 Å². The van der Waals surface area contributed by atoms with Gasteiger partial charge in [-0.3, -0.25) is 0 Å². The first-order chi connectivity index (χ1) is 18.2. The van der Waals surface area contributed by atoms with E-state index in [0.29, 0.717) is 0 Å². The Kier molecular flexibility index (Phi) is 9.62. The second-order valence-corrected chi connectivity index (χ2v) is 10.6. The molecule has 2 nitrogen and oxygen atoms in total. The number of fused-ring (bicyclic) bond motifs is 2. The van der Waals surface area contributed by atoms with Gasteiger partial charge in [-0.2, -0.15) is 5.26 Å². The average molecular weight is 523 g/mol. The molecule has 3 heteroatoms. The van der Waals surface area contributed by atoms with E-state index in [2.05, 4.69) is 103 Å². The van der Waals surface area contributed by atoms with E-state index in [4.69, 9.17) is 0 Å². The maximum atomic E-state index is 10.3. The minimum atomic E-state index is -0.360. The van der Waals surface area contributed by atoms with Crippen LogP contribution in [0.1, 0.15) is 79.7 Å². The van der Waals surface area contributed by atoms with Crippen molar-refractivity contribution < 1.29 is 0 Å². The van der Waals surface area contributed by atoms with Crippen LogP contribution in [-0.4, -0.2) is 24.5 Å². The molecule has 196 valence electrons. The minimum Gasteiger partial charge on any atom is -0.303 e. The molecule has 3 aromatic rings. The minimum absolute atomic E-state index is 0. The van der Waals surface area contributed by atoms with E-state index in [-0.39, 0.29) is 17.8 Å². The number of benzene rings is 3. The fourth-order valence-corrected chi connectivity index (χ4v) is 6.17. The molecule has 1 aliphatic carbocycles. The number of rotatable bonds is 8.